The fourth-order valence-corrected chi connectivity index (χ4v) is 1.53. The van der Waals surface area contributed by atoms with Gasteiger partial charge in [0.1, 0.15) is 0 Å². The third kappa shape index (κ3) is 15.4. The van der Waals surface area contributed by atoms with Crippen molar-refractivity contribution in [1.29, 1.82) is 0 Å². The van der Waals surface area contributed by atoms with Crippen molar-refractivity contribution < 1.29 is 34.7 Å². The summed E-state index contributed by atoms with van der Waals surface area (Å²) in [6.07, 6.45) is 12.7. The maximum atomic E-state index is 8.56. The predicted octanol–water partition coefficient (Wildman–Crippen LogP) is 0.718. The van der Waals surface area contributed by atoms with E-state index in [4.69, 9.17) is 5.11 Å². The van der Waals surface area contributed by atoms with E-state index in [1.54, 1.807) is 0 Å². The van der Waals surface area contributed by atoms with Gasteiger partial charge in [-0.05, 0) is 6.42 Å². The van der Waals surface area contributed by atoms with E-state index < -0.39 is 0 Å². The molecule has 0 aliphatic heterocycles. The zero-order valence-electron chi connectivity index (χ0n) is 9.93. The third-order valence-electron chi connectivity index (χ3n) is 2.41. The van der Waals surface area contributed by atoms with Gasteiger partial charge in [-0.15, -0.1) is 0 Å². The molecule has 1 N–H and O–H groups in total. The van der Waals surface area contributed by atoms with Gasteiger partial charge in [-0.1, -0.05) is 51.4 Å². The smallest absolute Gasteiger partial charge is 0.396 e. The molecular weight excluding hydrogens is 183 g/mol. The summed E-state index contributed by atoms with van der Waals surface area (Å²) < 4.78 is 0. The van der Waals surface area contributed by atoms with Gasteiger partial charge in [-0.2, -0.15) is 6.42 Å². The Balaban J connectivity index is 0. The zero-order valence-corrected chi connectivity index (χ0v) is 11.9. The standard InChI is InChI=1S/C12H25O.Na/c1-2-3-4-5-6-7-8-9-10-11-12-13;/h13H,1-12H2;/q-1;+1. The van der Waals surface area contributed by atoms with E-state index in [1.807, 2.05) is 0 Å². The average molecular weight is 208 g/mol. The van der Waals surface area contributed by atoms with Crippen LogP contribution in [0.5, 0.6) is 0 Å². The van der Waals surface area contributed by atoms with Gasteiger partial charge in [0.2, 0.25) is 0 Å². The first kappa shape index (κ1) is 17.4. The number of unbranched alkanes of at least 4 members (excludes halogenated alkanes) is 9. The molecule has 0 saturated carbocycles. The second-order valence-corrected chi connectivity index (χ2v) is 3.76. The molecule has 0 aromatic heterocycles. The van der Waals surface area contributed by atoms with E-state index in [-0.39, 0.29) is 29.6 Å². The molecule has 0 fully saturated rings. The summed E-state index contributed by atoms with van der Waals surface area (Å²) in [5.74, 6) is 0. The summed E-state index contributed by atoms with van der Waals surface area (Å²) in [4.78, 5) is 0. The van der Waals surface area contributed by atoms with Crippen molar-refractivity contribution in [2.75, 3.05) is 6.61 Å². The van der Waals surface area contributed by atoms with Gasteiger partial charge >= 0.3 is 29.6 Å². The van der Waals surface area contributed by atoms with Crippen LogP contribution in [0.25, 0.3) is 0 Å². The maximum absolute atomic E-state index is 8.56. The van der Waals surface area contributed by atoms with Crippen molar-refractivity contribution in [3.8, 4) is 0 Å². The Morgan fingerprint density at radius 2 is 1.00 bits per heavy atom. The van der Waals surface area contributed by atoms with Gasteiger partial charge in [0.05, 0.1) is 0 Å². The van der Waals surface area contributed by atoms with E-state index in [1.165, 1.54) is 51.4 Å². The molecule has 1 nitrogen and oxygen atoms in total. The summed E-state index contributed by atoms with van der Waals surface area (Å²) in [5.41, 5.74) is 0. The van der Waals surface area contributed by atoms with Crippen LogP contribution in [-0.2, 0) is 0 Å². The molecule has 0 aromatic rings. The van der Waals surface area contributed by atoms with Crippen LogP contribution in [0.4, 0.5) is 0 Å². The molecule has 0 aliphatic rings. The van der Waals surface area contributed by atoms with Gasteiger partial charge in [0.15, 0.2) is 0 Å². The molecule has 0 heterocycles. The Morgan fingerprint density at radius 3 is 1.36 bits per heavy atom. The topological polar surface area (TPSA) is 20.2 Å². The quantitative estimate of drug-likeness (QED) is 0.319. The predicted molar refractivity (Wildman–Crippen MR) is 58.6 cm³/mol. The van der Waals surface area contributed by atoms with Crippen molar-refractivity contribution in [2.45, 2.75) is 64.2 Å². The first-order valence-electron chi connectivity index (χ1n) is 5.82. The molecule has 0 spiro atoms. The van der Waals surface area contributed by atoms with Crippen molar-refractivity contribution in [3.63, 3.8) is 0 Å². The van der Waals surface area contributed by atoms with Crippen LogP contribution >= 0.6 is 0 Å². The van der Waals surface area contributed by atoms with Gasteiger partial charge in [0, 0.05) is 6.61 Å². The average Bonchev–Trinajstić information content (AvgIpc) is 2.16. The fraction of sp³-hybridized carbons (Fsp3) is 0.917. The van der Waals surface area contributed by atoms with Crippen molar-refractivity contribution in [1.82, 2.24) is 0 Å². The largest absolute Gasteiger partial charge is 1.00 e. The minimum atomic E-state index is 0. The molecule has 0 aliphatic carbocycles. The number of aliphatic hydroxyl groups is 1. The molecule has 14 heavy (non-hydrogen) atoms. The van der Waals surface area contributed by atoms with E-state index in [0.29, 0.717) is 6.61 Å². The Morgan fingerprint density at radius 1 is 0.643 bits per heavy atom. The monoisotopic (exact) mass is 208 g/mol. The molecule has 0 amide bonds. The van der Waals surface area contributed by atoms with Crippen molar-refractivity contribution >= 4 is 0 Å². The second kappa shape index (κ2) is 16.4. The van der Waals surface area contributed by atoms with Crippen LogP contribution in [0.15, 0.2) is 0 Å². The van der Waals surface area contributed by atoms with Crippen LogP contribution in [0.2, 0.25) is 0 Å². The van der Waals surface area contributed by atoms with Crippen LogP contribution < -0.4 is 29.6 Å². The van der Waals surface area contributed by atoms with E-state index in [2.05, 4.69) is 6.92 Å². The molecule has 0 unspecified atom stereocenters. The first-order valence-corrected chi connectivity index (χ1v) is 5.82. The summed E-state index contributed by atoms with van der Waals surface area (Å²) in [7, 11) is 0. The molecule has 0 bridgehead atoms. The molecule has 80 valence electrons. The number of hydrogen-bond donors (Lipinski definition) is 1. The van der Waals surface area contributed by atoms with Crippen molar-refractivity contribution in [3.05, 3.63) is 6.92 Å². The summed E-state index contributed by atoms with van der Waals surface area (Å²) in [5, 5.41) is 8.56. The van der Waals surface area contributed by atoms with Crippen LogP contribution in [-0.4, -0.2) is 11.7 Å². The minimum Gasteiger partial charge on any atom is -0.396 e. The Labute approximate surface area is 112 Å². The van der Waals surface area contributed by atoms with Gasteiger partial charge in [0.25, 0.3) is 0 Å². The molecule has 0 rings (SSSR count). The number of aliphatic hydroxyl groups excluding tert-OH is 1. The maximum Gasteiger partial charge on any atom is 1.00 e. The number of rotatable bonds is 10. The number of hydrogen-bond acceptors (Lipinski definition) is 1. The molecular formula is C12H25NaO. The molecule has 0 saturated heterocycles. The summed E-state index contributed by atoms with van der Waals surface area (Å²) >= 11 is 0. The van der Waals surface area contributed by atoms with Gasteiger partial charge in [-0.3, -0.25) is 0 Å². The summed E-state index contributed by atoms with van der Waals surface area (Å²) in [6.45, 7) is 4.19. The fourth-order valence-electron chi connectivity index (χ4n) is 1.53. The van der Waals surface area contributed by atoms with Gasteiger partial charge in [-0.25, -0.2) is 0 Å². The molecule has 0 atom stereocenters. The molecule has 0 aromatic carbocycles. The third-order valence-corrected chi connectivity index (χ3v) is 2.41. The van der Waals surface area contributed by atoms with Crippen molar-refractivity contribution in [2.24, 2.45) is 0 Å². The van der Waals surface area contributed by atoms with E-state index >= 15 is 0 Å². The SMILES string of the molecule is [CH2-]CCCCCCCCCCCO.[Na+]. The zero-order chi connectivity index (χ0) is 9.78. The van der Waals surface area contributed by atoms with E-state index in [0.717, 1.165) is 12.8 Å². The summed E-state index contributed by atoms with van der Waals surface area (Å²) in [6, 6.07) is 0. The Kier molecular flexibility index (Phi) is 20.3. The van der Waals surface area contributed by atoms with E-state index in [9.17, 15) is 0 Å². The minimum absolute atomic E-state index is 0. The van der Waals surface area contributed by atoms with Gasteiger partial charge < -0.3 is 12.0 Å². The molecule has 0 radical (unpaired) electrons. The van der Waals surface area contributed by atoms with Crippen LogP contribution in [0.3, 0.4) is 0 Å². The Hall–Kier alpha value is 0.960. The van der Waals surface area contributed by atoms with Crippen LogP contribution in [0, 0.1) is 6.92 Å². The second-order valence-electron chi connectivity index (χ2n) is 3.76. The first-order chi connectivity index (χ1) is 6.41. The Bertz CT molecular complexity index is 76.4. The van der Waals surface area contributed by atoms with Crippen LogP contribution in [0.1, 0.15) is 64.2 Å². The normalized spacial score (nSPS) is 9.86. The molecule has 2 heteroatoms.